The van der Waals surface area contributed by atoms with E-state index in [-0.39, 0.29) is 5.78 Å². The Balaban J connectivity index is 1.71. The molecule has 20 heavy (non-hydrogen) atoms. The molecule has 0 aliphatic carbocycles. The van der Waals surface area contributed by atoms with Crippen LogP contribution in [-0.4, -0.2) is 48.4 Å². The van der Waals surface area contributed by atoms with E-state index in [4.69, 9.17) is 0 Å². The largest absolute Gasteiger partial charge is 0.356 e. The smallest absolute Gasteiger partial charge is 0.161 e. The van der Waals surface area contributed by atoms with Crippen molar-refractivity contribution in [1.29, 1.82) is 0 Å². The van der Waals surface area contributed by atoms with Crippen molar-refractivity contribution in [2.24, 2.45) is 5.92 Å². The maximum atomic E-state index is 11.3. The van der Waals surface area contributed by atoms with Crippen molar-refractivity contribution in [3.05, 3.63) is 23.9 Å². The summed E-state index contributed by atoms with van der Waals surface area (Å²) in [4.78, 5) is 20.7. The van der Waals surface area contributed by atoms with Gasteiger partial charge in [-0.1, -0.05) is 0 Å². The average molecular weight is 273 g/mol. The number of hydrogen-bond donors (Lipinski definition) is 0. The predicted molar refractivity (Wildman–Crippen MR) is 80.2 cm³/mol. The molecule has 0 spiro atoms. The lowest BCUT2D eigenvalue weighted by Gasteiger charge is -2.46. The molecule has 0 radical (unpaired) electrons. The molecule has 4 nitrogen and oxygen atoms in total. The lowest BCUT2D eigenvalue weighted by atomic mass is 9.84. The normalized spacial score (nSPS) is 27.2. The zero-order valence-corrected chi connectivity index (χ0v) is 12.4. The molecular formula is C16H23N3O. The Morgan fingerprint density at radius 2 is 2.15 bits per heavy atom. The first-order chi connectivity index (χ1) is 9.65. The fraction of sp³-hybridized carbons (Fsp3) is 0.625. The number of piperidine rings is 2. The van der Waals surface area contributed by atoms with Crippen LogP contribution < -0.4 is 4.90 Å². The minimum Gasteiger partial charge on any atom is -0.356 e. The van der Waals surface area contributed by atoms with E-state index in [0.717, 1.165) is 30.9 Å². The number of anilines is 1. The summed E-state index contributed by atoms with van der Waals surface area (Å²) in [7, 11) is 2.26. The third kappa shape index (κ3) is 2.57. The van der Waals surface area contributed by atoms with Gasteiger partial charge in [-0.15, -0.1) is 0 Å². The minimum absolute atomic E-state index is 0.0802. The second-order valence-corrected chi connectivity index (χ2v) is 6.15. The van der Waals surface area contributed by atoms with Gasteiger partial charge in [0.2, 0.25) is 0 Å². The van der Waals surface area contributed by atoms with Crippen molar-refractivity contribution in [1.82, 2.24) is 9.88 Å². The number of fused-ring (bicyclic) bond motifs is 1. The van der Waals surface area contributed by atoms with Gasteiger partial charge in [-0.3, -0.25) is 4.79 Å². The lowest BCUT2D eigenvalue weighted by molar-refractivity contribution is 0.101. The molecule has 1 aromatic heterocycles. The first-order valence-electron chi connectivity index (χ1n) is 7.57. The van der Waals surface area contributed by atoms with Crippen LogP contribution in [0.3, 0.4) is 0 Å². The maximum absolute atomic E-state index is 11.3. The minimum atomic E-state index is 0.0802. The SMILES string of the molecule is CC(=O)c1ccc(N2CCC3C(CCCN3C)C2)nc1. The number of rotatable bonds is 2. The molecule has 4 heteroatoms. The number of likely N-dealkylation sites (tertiary alicyclic amines) is 1. The summed E-state index contributed by atoms with van der Waals surface area (Å²) < 4.78 is 0. The Morgan fingerprint density at radius 3 is 2.85 bits per heavy atom. The molecule has 2 aliphatic heterocycles. The molecule has 1 aromatic rings. The van der Waals surface area contributed by atoms with Crippen LogP contribution in [0.25, 0.3) is 0 Å². The third-order valence-corrected chi connectivity index (χ3v) is 4.82. The van der Waals surface area contributed by atoms with E-state index in [0.29, 0.717) is 5.56 Å². The van der Waals surface area contributed by atoms with Crippen LogP contribution in [0, 0.1) is 5.92 Å². The molecule has 108 valence electrons. The van der Waals surface area contributed by atoms with E-state index in [2.05, 4.69) is 21.8 Å². The van der Waals surface area contributed by atoms with Gasteiger partial charge < -0.3 is 9.80 Å². The Morgan fingerprint density at radius 1 is 1.30 bits per heavy atom. The van der Waals surface area contributed by atoms with Crippen molar-refractivity contribution in [3.8, 4) is 0 Å². The highest BCUT2D eigenvalue weighted by Crippen LogP contribution is 2.31. The summed E-state index contributed by atoms with van der Waals surface area (Å²) in [5.74, 6) is 1.86. The third-order valence-electron chi connectivity index (χ3n) is 4.82. The topological polar surface area (TPSA) is 36.4 Å². The van der Waals surface area contributed by atoms with Crippen molar-refractivity contribution in [2.75, 3.05) is 31.6 Å². The number of ketones is 1. The molecule has 0 N–H and O–H groups in total. The molecular weight excluding hydrogens is 250 g/mol. The van der Waals surface area contributed by atoms with Gasteiger partial charge in [-0.2, -0.15) is 0 Å². The number of nitrogens with zero attached hydrogens (tertiary/aromatic N) is 3. The van der Waals surface area contributed by atoms with E-state index < -0.39 is 0 Å². The Hall–Kier alpha value is -1.42. The quantitative estimate of drug-likeness (QED) is 0.774. The number of carbonyl (C=O) groups is 1. The number of carbonyl (C=O) groups excluding carboxylic acids is 1. The van der Waals surface area contributed by atoms with Gasteiger partial charge in [0.1, 0.15) is 5.82 Å². The summed E-state index contributed by atoms with van der Waals surface area (Å²) in [5.41, 5.74) is 0.695. The van der Waals surface area contributed by atoms with Gasteiger partial charge in [0.25, 0.3) is 0 Å². The molecule has 3 rings (SSSR count). The van der Waals surface area contributed by atoms with Crippen LogP contribution in [-0.2, 0) is 0 Å². The Labute approximate surface area is 120 Å². The zero-order chi connectivity index (χ0) is 14.1. The molecule has 2 aliphatic rings. The van der Waals surface area contributed by atoms with E-state index in [1.165, 1.54) is 25.8 Å². The number of hydrogen-bond acceptors (Lipinski definition) is 4. The predicted octanol–water partition coefficient (Wildman–Crippen LogP) is 2.20. The van der Waals surface area contributed by atoms with Gasteiger partial charge >= 0.3 is 0 Å². The highest BCUT2D eigenvalue weighted by molar-refractivity contribution is 5.93. The van der Waals surface area contributed by atoms with Gasteiger partial charge in [0.15, 0.2) is 5.78 Å². The van der Waals surface area contributed by atoms with E-state index in [9.17, 15) is 4.79 Å². The molecule has 2 fully saturated rings. The summed E-state index contributed by atoms with van der Waals surface area (Å²) in [6.07, 6.45) is 5.56. The van der Waals surface area contributed by atoms with Crippen molar-refractivity contribution in [3.63, 3.8) is 0 Å². The van der Waals surface area contributed by atoms with Crippen LogP contribution in [0.5, 0.6) is 0 Å². The van der Waals surface area contributed by atoms with Crippen LogP contribution in [0.1, 0.15) is 36.5 Å². The van der Waals surface area contributed by atoms with Gasteiger partial charge in [-0.05, 0) is 57.8 Å². The molecule has 0 saturated carbocycles. The molecule has 2 saturated heterocycles. The lowest BCUT2D eigenvalue weighted by Crippen LogP contribution is -2.52. The summed E-state index contributed by atoms with van der Waals surface area (Å²) in [5, 5.41) is 0. The molecule has 0 aromatic carbocycles. The zero-order valence-electron chi connectivity index (χ0n) is 12.4. The van der Waals surface area contributed by atoms with E-state index >= 15 is 0 Å². The molecule has 0 amide bonds. The summed E-state index contributed by atoms with van der Waals surface area (Å²) >= 11 is 0. The van der Waals surface area contributed by atoms with Crippen molar-refractivity contribution in [2.45, 2.75) is 32.2 Å². The molecule has 0 bridgehead atoms. The second kappa shape index (κ2) is 5.52. The highest BCUT2D eigenvalue weighted by Gasteiger charge is 2.34. The first-order valence-corrected chi connectivity index (χ1v) is 7.57. The number of Topliss-reactive ketones (excluding diaryl/α,β-unsaturated/α-hetero) is 1. The maximum Gasteiger partial charge on any atom is 0.161 e. The standard InChI is InChI=1S/C16H23N3O/c1-12(20)13-5-6-16(17-10-13)19-9-7-15-14(11-19)4-3-8-18(15)2/h5-6,10,14-15H,3-4,7-9,11H2,1-2H3. The Kier molecular flexibility index (Phi) is 3.74. The van der Waals surface area contributed by atoms with Crippen LogP contribution in [0.4, 0.5) is 5.82 Å². The second-order valence-electron chi connectivity index (χ2n) is 6.15. The number of pyridine rings is 1. The first kappa shape index (κ1) is 13.6. The van der Waals surface area contributed by atoms with Gasteiger partial charge in [0, 0.05) is 30.9 Å². The fourth-order valence-corrected chi connectivity index (χ4v) is 3.64. The van der Waals surface area contributed by atoms with Crippen molar-refractivity contribution < 1.29 is 4.79 Å². The van der Waals surface area contributed by atoms with Crippen LogP contribution >= 0.6 is 0 Å². The van der Waals surface area contributed by atoms with Gasteiger partial charge in [0.05, 0.1) is 0 Å². The Bertz CT molecular complexity index is 485. The van der Waals surface area contributed by atoms with Gasteiger partial charge in [-0.25, -0.2) is 4.98 Å². The van der Waals surface area contributed by atoms with Crippen LogP contribution in [0.2, 0.25) is 0 Å². The molecule has 3 heterocycles. The summed E-state index contributed by atoms with van der Waals surface area (Å²) in [6.45, 7) is 4.99. The molecule has 2 unspecified atom stereocenters. The fourth-order valence-electron chi connectivity index (χ4n) is 3.64. The van der Waals surface area contributed by atoms with E-state index in [1.54, 1.807) is 13.1 Å². The highest BCUT2D eigenvalue weighted by atomic mass is 16.1. The summed E-state index contributed by atoms with van der Waals surface area (Å²) in [6, 6.07) is 4.63. The monoisotopic (exact) mass is 273 g/mol. The molecule has 2 atom stereocenters. The van der Waals surface area contributed by atoms with Crippen molar-refractivity contribution >= 4 is 11.6 Å². The average Bonchev–Trinajstić information content (AvgIpc) is 2.47. The van der Waals surface area contributed by atoms with E-state index in [1.807, 2.05) is 12.1 Å². The van der Waals surface area contributed by atoms with Crippen LogP contribution in [0.15, 0.2) is 18.3 Å². The number of aromatic nitrogens is 1.